The molecule has 3 aliphatic rings. The van der Waals surface area contributed by atoms with E-state index in [1.54, 1.807) is 26.8 Å². The zero-order valence-corrected chi connectivity index (χ0v) is 24.5. The summed E-state index contributed by atoms with van der Waals surface area (Å²) < 4.78 is 46.6. The molecule has 0 bridgehead atoms. The van der Waals surface area contributed by atoms with Crippen LogP contribution in [0.4, 0.5) is 13.6 Å². The van der Waals surface area contributed by atoms with Crippen molar-refractivity contribution in [2.45, 2.75) is 89.0 Å². The Balaban J connectivity index is 1.36. The van der Waals surface area contributed by atoms with Gasteiger partial charge >= 0.3 is 12.1 Å². The average Bonchev–Trinajstić information content (AvgIpc) is 3.34. The van der Waals surface area contributed by atoms with Crippen molar-refractivity contribution >= 4 is 12.1 Å². The molecule has 5 rings (SSSR count). The Bertz CT molecular complexity index is 1320. The topological polar surface area (TPSA) is 77.1 Å². The van der Waals surface area contributed by atoms with E-state index in [0.29, 0.717) is 12.0 Å². The van der Waals surface area contributed by atoms with Crippen LogP contribution in [0.5, 0.6) is 5.75 Å². The number of fused-ring (bicyclic) bond motifs is 1. The zero-order chi connectivity index (χ0) is 29.6. The molecule has 41 heavy (non-hydrogen) atoms. The Morgan fingerprint density at radius 3 is 2.39 bits per heavy atom. The summed E-state index contributed by atoms with van der Waals surface area (Å²) in [6, 6.07) is 10.1. The third-order valence-electron chi connectivity index (χ3n) is 9.25. The van der Waals surface area contributed by atoms with Crippen LogP contribution in [-0.4, -0.2) is 55.4 Å². The molecule has 1 heterocycles. The zero-order valence-electron chi connectivity index (χ0n) is 24.5. The van der Waals surface area contributed by atoms with Crippen LogP contribution >= 0.6 is 0 Å². The number of esters is 1. The third-order valence-corrected chi connectivity index (χ3v) is 9.25. The molecule has 1 aliphatic heterocycles. The summed E-state index contributed by atoms with van der Waals surface area (Å²) in [6.45, 7) is 6.03. The van der Waals surface area contributed by atoms with Crippen molar-refractivity contribution in [1.29, 1.82) is 0 Å². The van der Waals surface area contributed by atoms with Crippen LogP contribution in [0.2, 0.25) is 0 Å². The van der Waals surface area contributed by atoms with E-state index >= 15 is 4.39 Å². The molecule has 2 aromatic rings. The van der Waals surface area contributed by atoms with Gasteiger partial charge in [-0.25, -0.2) is 18.4 Å². The Morgan fingerprint density at radius 2 is 1.78 bits per heavy atom. The second-order valence-electron chi connectivity index (χ2n) is 12.8. The smallest absolute Gasteiger partial charge is 0.411 e. The first-order valence-electron chi connectivity index (χ1n) is 14.4. The lowest BCUT2D eigenvalue weighted by molar-refractivity contribution is -0.145. The molecule has 222 valence electrons. The van der Waals surface area contributed by atoms with E-state index in [1.807, 2.05) is 13.1 Å². The fourth-order valence-electron chi connectivity index (χ4n) is 7.18. The highest BCUT2D eigenvalue weighted by molar-refractivity contribution is 5.82. The third kappa shape index (κ3) is 5.29. The lowest BCUT2D eigenvalue weighted by Crippen LogP contribution is -2.64. The molecule has 7 nitrogen and oxygen atoms in total. The molecule has 1 unspecified atom stereocenters. The molecular formula is C32H40F2N2O5. The van der Waals surface area contributed by atoms with Crippen molar-refractivity contribution in [3.8, 4) is 5.75 Å². The minimum atomic E-state index is -0.972. The summed E-state index contributed by atoms with van der Waals surface area (Å²) in [6.07, 6.45) is 3.27. The van der Waals surface area contributed by atoms with E-state index in [4.69, 9.17) is 14.2 Å². The highest BCUT2D eigenvalue weighted by atomic mass is 19.2. The fourth-order valence-corrected chi connectivity index (χ4v) is 7.18. The molecule has 2 aliphatic carbocycles. The number of hydrogen-bond donors (Lipinski definition) is 1. The van der Waals surface area contributed by atoms with E-state index in [2.05, 4.69) is 23.5 Å². The van der Waals surface area contributed by atoms with Gasteiger partial charge in [0.15, 0.2) is 11.6 Å². The van der Waals surface area contributed by atoms with Crippen LogP contribution in [0.1, 0.15) is 69.6 Å². The number of nitrogens with zero attached hydrogens (tertiary/aromatic N) is 1. The van der Waals surface area contributed by atoms with Gasteiger partial charge in [0.25, 0.3) is 0 Å². The minimum absolute atomic E-state index is 0.0344. The van der Waals surface area contributed by atoms with E-state index in [0.717, 1.165) is 38.3 Å². The molecule has 1 N–H and O–H groups in total. The fraction of sp³-hybridized carbons (Fsp3) is 0.562. The lowest BCUT2D eigenvalue weighted by atomic mass is 9.34. The SMILES string of the molecule is CNCc1ccccc1C12CCC1(Cc1cc(O[C@H]3CC(C(=O)OC)N(C(=O)OC(C)(C)C)C3)cc(F)c1F)CC2. The molecule has 1 saturated heterocycles. The normalized spacial score (nSPS) is 27.0. The number of rotatable bonds is 8. The van der Waals surface area contributed by atoms with Crippen LogP contribution in [0.25, 0.3) is 0 Å². The number of benzene rings is 2. The molecule has 3 fully saturated rings. The standard InChI is InChI=1S/C32H40F2N2O5/c1-30(2,3)41-29(38)36-19-23(16-26(36)28(37)39-5)40-22-14-21(27(34)25(33)15-22)17-31-10-12-32(31,13-11-31)24-9-7-6-8-20(24)18-35-4/h6-9,14-15,23,26,35H,10-13,16-19H2,1-5H3/t23-,26?,31?,32?/m0/s1. The van der Waals surface area contributed by atoms with Crippen LogP contribution in [0.15, 0.2) is 36.4 Å². The molecule has 0 spiro atoms. The number of likely N-dealkylation sites (tertiary alicyclic amines) is 1. The predicted octanol–water partition coefficient (Wildman–Crippen LogP) is 5.67. The summed E-state index contributed by atoms with van der Waals surface area (Å²) in [5.41, 5.74) is 1.94. The Morgan fingerprint density at radius 1 is 1.07 bits per heavy atom. The van der Waals surface area contributed by atoms with Crippen molar-refractivity contribution < 1.29 is 32.6 Å². The van der Waals surface area contributed by atoms with Gasteiger partial charge in [-0.15, -0.1) is 0 Å². The first-order valence-corrected chi connectivity index (χ1v) is 14.4. The summed E-state index contributed by atoms with van der Waals surface area (Å²) in [5.74, 6) is -2.23. The van der Waals surface area contributed by atoms with Crippen molar-refractivity contribution in [1.82, 2.24) is 10.2 Å². The molecular weight excluding hydrogens is 530 g/mol. The summed E-state index contributed by atoms with van der Waals surface area (Å²) >= 11 is 0. The first kappa shape index (κ1) is 29.3. The molecule has 0 aromatic heterocycles. The van der Waals surface area contributed by atoms with E-state index < -0.39 is 41.4 Å². The van der Waals surface area contributed by atoms with Crippen LogP contribution in [0, 0.1) is 17.0 Å². The monoisotopic (exact) mass is 570 g/mol. The van der Waals surface area contributed by atoms with E-state index in [1.165, 1.54) is 23.1 Å². The molecule has 2 saturated carbocycles. The summed E-state index contributed by atoms with van der Waals surface area (Å²) in [7, 11) is 3.18. The average molecular weight is 571 g/mol. The number of amides is 1. The maximum Gasteiger partial charge on any atom is 0.411 e. The number of nitrogens with one attached hydrogen (secondary N) is 1. The Hall–Kier alpha value is -3.20. The molecule has 9 heteroatoms. The van der Waals surface area contributed by atoms with Gasteiger partial charge in [-0.05, 0) is 88.1 Å². The maximum atomic E-state index is 15.2. The molecule has 2 aromatic carbocycles. The van der Waals surface area contributed by atoms with Gasteiger partial charge in [-0.2, -0.15) is 0 Å². The van der Waals surface area contributed by atoms with Crippen LogP contribution < -0.4 is 10.1 Å². The first-order chi connectivity index (χ1) is 19.4. The lowest BCUT2D eigenvalue weighted by Gasteiger charge is -2.69. The number of methoxy groups -OCH3 is 1. The van der Waals surface area contributed by atoms with Gasteiger partial charge in [0, 0.05) is 24.4 Å². The summed E-state index contributed by atoms with van der Waals surface area (Å²) in [5, 5.41) is 3.25. The quantitative estimate of drug-likeness (QED) is 0.413. The van der Waals surface area contributed by atoms with E-state index in [9.17, 15) is 14.0 Å². The number of carbonyl (C=O) groups excluding carboxylic acids is 2. The van der Waals surface area contributed by atoms with Gasteiger partial charge in [-0.1, -0.05) is 24.3 Å². The van der Waals surface area contributed by atoms with Gasteiger partial charge in [0.1, 0.15) is 23.5 Å². The van der Waals surface area contributed by atoms with Crippen molar-refractivity contribution in [3.05, 3.63) is 64.7 Å². The largest absolute Gasteiger partial charge is 0.488 e. The molecule has 0 radical (unpaired) electrons. The molecule has 2 atom stereocenters. The Labute approximate surface area is 240 Å². The van der Waals surface area contributed by atoms with Crippen molar-refractivity contribution in [3.63, 3.8) is 0 Å². The van der Waals surface area contributed by atoms with Crippen molar-refractivity contribution in [2.24, 2.45) is 5.41 Å². The van der Waals surface area contributed by atoms with E-state index in [-0.39, 0.29) is 29.5 Å². The minimum Gasteiger partial charge on any atom is -0.488 e. The highest BCUT2D eigenvalue weighted by Gasteiger charge is 2.66. The number of hydrogen-bond acceptors (Lipinski definition) is 6. The second-order valence-corrected chi connectivity index (χ2v) is 12.8. The van der Waals surface area contributed by atoms with Crippen LogP contribution in [0.3, 0.4) is 0 Å². The van der Waals surface area contributed by atoms with Gasteiger partial charge in [-0.3, -0.25) is 4.90 Å². The summed E-state index contributed by atoms with van der Waals surface area (Å²) in [4.78, 5) is 26.5. The second kappa shape index (κ2) is 10.9. The van der Waals surface area contributed by atoms with Crippen LogP contribution in [-0.2, 0) is 32.6 Å². The maximum absolute atomic E-state index is 15.2. The van der Waals surface area contributed by atoms with Crippen molar-refractivity contribution in [2.75, 3.05) is 20.7 Å². The van der Waals surface area contributed by atoms with Gasteiger partial charge in [0.05, 0.1) is 13.7 Å². The number of ether oxygens (including phenoxy) is 3. The number of halogens is 2. The van der Waals surface area contributed by atoms with Gasteiger partial charge < -0.3 is 19.5 Å². The highest BCUT2D eigenvalue weighted by Crippen LogP contribution is 2.72. The number of carbonyl (C=O) groups is 2. The predicted molar refractivity (Wildman–Crippen MR) is 150 cm³/mol. The molecule has 1 amide bonds. The Kier molecular flexibility index (Phi) is 7.78. The van der Waals surface area contributed by atoms with Gasteiger partial charge in [0.2, 0.25) is 0 Å².